The molecule has 11 heteroatoms. The molecule has 0 radical (unpaired) electrons. The first kappa shape index (κ1) is 17.2. The summed E-state index contributed by atoms with van der Waals surface area (Å²) in [6, 6.07) is 0. The van der Waals surface area contributed by atoms with Gasteiger partial charge < -0.3 is 9.84 Å². The van der Waals surface area contributed by atoms with Crippen LogP contribution in [0.1, 0.15) is 0 Å². The molecule has 0 aliphatic heterocycles. The van der Waals surface area contributed by atoms with Gasteiger partial charge in [-0.25, -0.2) is 9.59 Å². The normalized spacial score (nSPS) is 14.7. The zero-order chi connectivity index (χ0) is 15.6. The summed E-state index contributed by atoms with van der Waals surface area (Å²) in [4.78, 5) is 20.8. The Morgan fingerprint density at radius 1 is 1.11 bits per heavy atom. The summed E-state index contributed by atoms with van der Waals surface area (Å²) in [6.07, 6.45) is -10.6. The molecule has 0 bridgehead atoms. The average molecular weight is 298 g/mol. The minimum Gasteiger partial charge on any atom is -0.478 e. The van der Waals surface area contributed by atoms with E-state index in [2.05, 4.69) is 11.3 Å². The van der Waals surface area contributed by atoms with Gasteiger partial charge in [0.1, 0.15) is 0 Å². The predicted octanol–water partition coefficient (Wildman–Crippen LogP) is 2.00. The molecule has 19 heavy (non-hydrogen) atoms. The van der Waals surface area contributed by atoms with Gasteiger partial charge in [-0.15, -0.1) is 0 Å². The average Bonchev–Trinajstić information content (AvgIpc) is 2.22. The molecule has 0 rings (SSSR count). The van der Waals surface area contributed by atoms with Crippen molar-refractivity contribution in [2.24, 2.45) is 0 Å². The first-order valence-corrected chi connectivity index (χ1v) is 4.17. The van der Waals surface area contributed by atoms with Crippen molar-refractivity contribution < 1.29 is 50.2 Å². The SMILES string of the molecule is C=CC(=O)OC(C(=O)O)C(F)(F)C(F)(F)C(F)(F)F. The summed E-state index contributed by atoms with van der Waals surface area (Å²) in [5, 5.41) is 8.19. The smallest absolute Gasteiger partial charge is 0.460 e. The maximum atomic E-state index is 12.9. The van der Waals surface area contributed by atoms with E-state index >= 15 is 0 Å². The Morgan fingerprint density at radius 3 is 1.79 bits per heavy atom. The lowest BCUT2D eigenvalue weighted by molar-refractivity contribution is -0.368. The molecule has 0 aromatic rings. The van der Waals surface area contributed by atoms with E-state index < -0.39 is 36.1 Å². The molecule has 0 saturated heterocycles. The molecular formula is C8H5F7O4. The van der Waals surface area contributed by atoms with Gasteiger partial charge in [-0.3, -0.25) is 0 Å². The van der Waals surface area contributed by atoms with E-state index in [1.807, 2.05) is 0 Å². The van der Waals surface area contributed by atoms with Crippen LogP contribution >= 0.6 is 0 Å². The van der Waals surface area contributed by atoms with E-state index in [-0.39, 0.29) is 6.08 Å². The fraction of sp³-hybridized carbons (Fsp3) is 0.500. The van der Waals surface area contributed by atoms with Gasteiger partial charge in [-0.05, 0) is 0 Å². The van der Waals surface area contributed by atoms with Crippen LogP contribution in [-0.2, 0) is 14.3 Å². The van der Waals surface area contributed by atoms with Crippen molar-refractivity contribution in [3.05, 3.63) is 12.7 Å². The van der Waals surface area contributed by atoms with Gasteiger partial charge in [0.2, 0.25) is 0 Å². The van der Waals surface area contributed by atoms with E-state index in [0.29, 0.717) is 0 Å². The van der Waals surface area contributed by atoms with Crippen LogP contribution in [0.4, 0.5) is 30.7 Å². The van der Waals surface area contributed by atoms with Crippen LogP contribution in [0.25, 0.3) is 0 Å². The van der Waals surface area contributed by atoms with Gasteiger partial charge >= 0.3 is 30.0 Å². The molecule has 4 nitrogen and oxygen atoms in total. The Hall–Kier alpha value is -1.81. The van der Waals surface area contributed by atoms with Crippen molar-refractivity contribution in [3.8, 4) is 0 Å². The monoisotopic (exact) mass is 298 g/mol. The minimum absolute atomic E-state index is 0.123. The van der Waals surface area contributed by atoms with Crippen molar-refractivity contribution >= 4 is 11.9 Å². The summed E-state index contributed by atoms with van der Waals surface area (Å²) in [5.74, 6) is -17.7. The minimum atomic E-state index is -6.73. The van der Waals surface area contributed by atoms with E-state index in [4.69, 9.17) is 5.11 Å². The number of alkyl halides is 7. The second-order valence-electron chi connectivity index (χ2n) is 3.05. The van der Waals surface area contributed by atoms with Crippen LogP contribution in [0.5, 0.6) is 0 Å². The Kier molecular flexibility index (Phi) is 4.57. The Bertz CT molecular complexity index is 387. The first-order chi connectivity index (χ1) is 8.29. The van der Waals surface area contributed by atoms with Crippen LogP contribution in [0.2, 0.25) is 0 Å². The molecule has 0 amide bonds. The highest BCUT2D eigenvalue weighted by Gasteiger charge is 2.77. The molecule has 110 valence electrons. The summed E-state index contributed by atoms with van der Waals surface area (Å²) < 4.78 is 89.6. The number of hydrogen-bond acceptors (Lipinski definition) is 3. The highest BCUT2D eigenvalue weighted by molar-refractivity contribution is 5.85. The number of rotatable bonds is 5. The summed E-state index contributed by atoms with van der Waals surface area (Å²) in [5.41, 5.74) is 0. The second-order valence-corrected chi connectivity index (χ2v) is 3.05. The molecule has 0 saturated carbocycles. The maximum Gasteiger partial charge on any atom is 0.460 e. The van der Waals surface area contributed by atoms with Crippen LogP contribution in [0.15, 0.2) is 12.7 Å². The molecule has 0 aromatic heterocycles. The van der Waals surface area contributed by atoms with Crippen molar-refractivity contribution in [3.63, 3.8) is 0 Å². The summed E-state index contributed by atoms with van der Waals surface area (Å²) >= 11 is 0. The number of carbonyl (C=O) groups is 2. The van der Waals surface area contributed by atoms with Gasteiger partial charge in [0.25, 0.3) is 6.10 Å². The summed E-state index contributed by atoms with van der Waals surface area (Å²) in [6.45, 7) is 2.64. The number of carbonyl (C=O) groups excluding carboxylic acids is 1. The number of aliphatic carboxylic acids is 1. The van der Waals surface area contributed by atoms with Crippen molar-refractivity contribution in [2.75, 3.05) is 0 Å². The number of carboxylic acid groups (broad SMARTS) is 1. The molecule has 0 spiro atoms. The lowest BCUT2D eigenvalue weighted by Gasteiger charge is -2.31. The first-order valence-electron chi connectivity index (χ1n) is 4.17. The van der Waals surface area contributed by atoms with E-state index in [9.17, 15) is 40.3 Å². The Balaban J connectivity index is 5.60. The molecule has 0 aliphatic carbocycles. The number of hydrogen-bond donors (Lipinski definition) is 1. The van der Waals surface area contributed by atoms with Crippen molar-refractivity contribution in [2.45, 2.75) is 24.1 Å². The van der Waals surface area contributed by atoms with E-state index in [1.54, 1.807) is 0 Å². The van der Waals surface area contributed by atoms with Crippen LogP contribution < -0.4 is 0 Å². The number of carboxylic acids is 1. The van der Waals surface area contributed by atoms with Crippen molar-refractivity contribution in [1.82, 2.24) is 0 Å². The number of ether oxygens (including phenoxy) is 1. The molecular weight excluding hydrogens is 293 g/mol. The van der Waals surface area contributed by atoms with E-state index in [1.165, 1.54) is 0 Å². The topological polar surface area (TPSA) is 63.6 Å². The third kappa shape index (κ3) is 3.15. The predicted molar refractivity (Wildman–Crippen MR) is 43.7 cm³/mol. The Morgan fingerprint density at radius 2 is 1.53 bits per heavy atom. The van der Waals surface area contributed by atoms with Gasteiger partial charge in [0.05, 0.1) is 0 Å². The fourth-order valence-corrected chi connectivity index (χ4v) is 0.797. The standard InChI is InChI=1S/C8H5F7O4/c1-2-3(16)19-4(5(17)18)6(9,10)7(11,12)8(13,14)15/h2,4H,1H2,(H,17,18). The van der Waals surface area contributed by atoms with Gasteiger partial charge in [0.15, 0.2) is 0 Å². The summed E-state index contributed by atoms with van der Waals surface area (Å²) in [7, 11) is 0. The second kappa shape index (κ2) is 5.05. The lowest BCUT2D eigenvalue weighted by atomic mass is 10.1. The molecule has 0 aromatic carbocycles. The van der Waals surface area contributed by atoms with Crippen LogP contribution in [-0.4, -0.2) is 41.2 Å². The highest BCUT2D eigenvalue weighted by Crippen LogP contribution is 2.48. The number of esters is 1. The number of halogens is 7. The third-order valence-electron chi connectivity index (χ3n) is 1.73. The Labute approximate surface area is 100.0 Å². The van der Waals surface area contributed by atoms with Gasteiger partial charge in [-0.1, -0.05) is 6.58 Å². The molecule has 1 unspecified atom stereocenters. The zero-order valence-electron chi connectivity index (χ0n) is 8.68. The van der Waals surface area contributed by atoms with E-state index in [0.717, 1.165) is 0 Å². The lowest BCUT2D eigenvalue weighted by Crippen LogP contribution is -2.60. The largest absolute Gasteiger partial charge is 0.478 e. The highest BCUT2D eigenvalue weighted by atomic mass is 19.4. The van der Waals surface area contributed by atoms with Crippen molar-refractivity contribution in [1.29, 1.82) is 0 Å². The zero-order valence-corrected chi connectivity index (χ0v) is 8.68. The fourth-order valence-electron chi connectivity index (χ4n) is 0.797. The van der Waals surface area contributed by atoms with Crippen LogP contribution in [0, 0.1) is 0 Å². The molecule has 1 N–H and O–H groups in total. The van der Waals surface area contributed by atoms with Crippen LogP contribution in [0.3, 0.4) is 0 Å². The third-order valence-corrected chi connectivity index (χ3v) is 1.73. The van der Waals surface area contributed by atoms with Gasteiger partial charge in [-0.2, -0.15) is 30.7 Å². The molecule has 0 fully saturated rings. The molecule has 0 heterocycles. The molecule has 1 atom stereocenters. The maximum absolute atomic E-state index is 12.9. The van der Waals surface area contributed by atoms with Gasteiger partial charge in [0, 0.05) is 6.08 Å². The quantitative estimate of drug-likeness (QED) is 0.479. The molecule has 0 aliphatic rings.